The van der Waals surface area contributed by atoms with E-state index in [1.807, 2.05) is 29.2 Å². The van der Waals surface area contributed by atoms with Crippen LogP contribution in [0.25, 0.3) is 5.69 Å². The molecule has 8 heteroatoms. The van der Waals surface area contributed by atoms with Gasteiger partial charge in [-0.1, -0.05) is 12.1 Å². The zero-order valence-corrected chi connectivity index (χ0v) is 14.1. The number of tetrazole rings is 1. The molecule has 0 bridgehead atoms. The Hall–Kier alpha value is -2.32. The fourth-order valence-electron chi connectivity index (χ4n) is 3.51. The van der Waals surface area contributed by atoms with Gasteiger partial charge < -0.3 is 9.64 Å². The van der Waals surface area contributed by atoms with Gasteiger partial charge in [0.25, 0.3) is 5.91 Å². The van der Waals surface area contributed by atoms with Crippen molar-refractivity contribution in [2.75, 3.05) is 39.3 Å². The van der Waals surface area contributed by atoms with Crippen molar-refractivity contribution in [2.45, 2.75) is 18.9 Å². The standard InChI is InChI=1S/C17H22N6O2/c24-17(15-5-1-2-6-16(15)23-13-18-19-20-23)22-9-7-21(8-10-22)12-14-4-3-11-25-14/h1-2,5-6,13-14H,3-4,7-12H2. The minimum absolute atomic E-state index is 0.0304. The zero-order valence-electron chi connectivity index (χ0n) is 14.1. The average molecular weight is 342 g/mol. The van der Waals surface area contributed by atoms with Crippen LogP contribution in [-0.4, -0.2) is 81.3 Å². The van der Waals surface area contributed by atoms with Crippen molar-refractivity contribution in [2.24, 2.45) is 0 Å². The molecule has 2 aliphatic rings. The molecule has 2 aromatic rings. The highest BCUT2D eigenvalue weighted by molar-refractivity contribution is 5.97. The van der Waals surface area contributed by atoms with Gasteiger partial charge >= 0.3 is 0 Å². The first-order valence-corrected chi connectivity index (χ1v) is 8.77. The van der Waals surface area contributed by atoms with Gasteiger partial charge in [0.15, 0.2) is 0 Å². The number of para-hydroxylation sites is 1. The number of aromatic nitrogens is 4. The molecule has 0 aliphatic carbocycles. The highest BCUT2D eigenvalue weighted by atomic mass is 16.5. The Morgan fingerprint density at radius 1 is 1.20 bits per heavy atom. The zero-order chi connectivity index (χ0) is 17.1. The molecule has 0 spiro atoms. The average Bonchev–Trinajstić information content (AvgIpc) is 3.36. The molecule has 25 heavy (non-hydrogen) atoms. The van der Waals surface area contributed by atoms with E-state index in [9.17, 15) is 4.79 Å². The number of nitrogens with zero attached hydrogens (tertiary/aromatic N) is 6. The second-order valence-corrected chi connectivity index (χ2v) is 6.50. The largest absolute Gasteiger partial charge is 0.377 e. The van der Waals surface area contributed by atoms with Crippen LogP contribution in [0, 0.1) is 0 Å². The number of benzene rings is 1. The molecule has 0 radical (unpaired) electrons. The first kappa shape index (κ1) is 16.2. The molecule has 1 unspecified atom stereocenters. The summed E-state index contributed by atoms with van der Waals surface area (Å²) in [5.74, 6) is 0.0304. The summed E-state index contributed by atoms with van der Waals surface area (Å²) in [5, 5.41) is 11.2. The smallest absolute Gasteiger partial charge is 0.256 e. The molecule has 1 aromatic carbocycles. The van der Waals surface area contributed by atoms with E-state index in [1.54, 1.807) is 0 Å². The predicted octanol–water partition coefficient (Wildman–Crippen LogP) is 0.599. The van der Waals surface area contributed by atoms with Crippen LogP contribution in [0.5, 0.6) is 0 Å². The van der Waals surface area contributed by atoms with E-state index in [4.69, 9.17) is 4.74 Å². The van der Waals surface area contributed by atoms with Crippen molar-refractivity contribution in [3.8, 4) is 5.69 Å². The lowest BCUT2D eigenvalue weighted by atomic mass is 10.1. The number of carbonyl (C=O) groups excluding carboxylic acids is 1. The monoisotopic (exact) mass is 342 g/mol. The number of piperazine rings is 1. The first-order chi connectivity index (χ1) is 12.3. The van der Waals surface area contributed by atoms with Crippen molar-refractivity contribution in [3.05, 3.63) is 36.2 Å². The minimum atomic E-state index is 0.0304. The van der Waals surface area contributed by atoms with Crippen molar-refractivity contribution in [1.82, 2.24) is 30.0 Å². The minimum Gasteiger partial charge on any atom is -0.377 e. The lowest BCUT2D eigenvalue weighted by Gasteiger charge is -2.36. The highest BCUT2D eigenvalue weighted by Gasteiger charge is 2.26. The Morgan fingerprint density at radius 2 is 2.04 bits per heavy atom. The number of amides is 1. The summed E-state index contributed by atoms with van der Waals surface area (Å²) in [7, 11) is 0. The first-order valence-electron chi connectivity index (χ1n) is 8.77. The molecule has 3 heterocycles. The number of hydrogen-bond donors (Lipinski definition) is 0. The number of hydrogen-bond acceptors (Lipinski definition) is 6. The molecule has 0 N–H and O–H groups in total. The van der Waals surface area contributed by atoms with Gasteiger partial charge in [0.2, 0.25) is 0 Å². The van der Waals surface area contributed by atoms with Crippen molar-refractivity contribution in [1.29, 1.82) is 0 Å². The molecule has 2 aliphatic heterocycles. The Morgan fingerprint density at radius 3 is 2.76 bits per heavy atom. The van der Waals surface area contributed by atoms with Crippen LogP contribution in [0.4, 0.5) is 0 Å². The summed E-state index contributed by atoms with van der Waals surface area (Å²) in [4.78, 5) is 17.3. The molecule has 132 valence electrons. The van der Waals surface area contributed by atoms with E-state index in [-0.39, 0.29) is 5.91 Å². The van der Waals surface area contributed by atoms with Crippen LogP contribution in [0.1, 0.15) is 23.2 Å². The predicted molar refractivity (Wildman–Crippen MR) is 90.5 cm³/mol. The van der Waals surface area contributed by atoms with Crippen LogP contribution in [0.3, 0.4) is 0 Å². The van der Waals surface area contributed by atoms with Gasteiger partial charge in [0.05, 0.1) is 17.4 Å². The lowest BCUT2D eigenvalue weighted by molar-refractivity contribution is 0.0432. The van der Waals surface area contributed by atoms with E-state index < -0.39 is 0 Å². The highest BCUT2D eigenvalue weighted by Crippen LogP contribution is 2.18. The summed E-state index contributed by atoms with van der Waals surface area (Å²) in [5.41, 5.74) is 1.33. The van der Waals surface area contributed by atoms with E-state index >= 15 is 0 Å². The lowest BCUT2D eigenvalue weighted by Crippen LogP contribution is -2.50. The molecule has 0 saturated carbocycles. The SMILES string of the molecule is O=C(c1ccccc1-n1cnnn1)N1CCN(CC2CCCO2)CC1. The fourth-order valence-corrected chi connectivity index (χ4v) is 3.51. The van der Waals surface area contributed by atoms with Crippen LogP contribution < -0.4 is 0 Å². The Balaban J connectivity index is 1.41. The maximum absolute atomic E-state index is 13.0. The summed E-state index contributed by atoms with van der Waals surface area (Å²) < 4.78 is 7.24. The third-order valence-corrected chi connectivity index (χ3v) is 4.88. The van der Waals surface area contributed by atoms with E-state index in [1.165, 1.54) is 11.0 Å². The second-order valence-electron chi connectivity index (χ2n) is 6.50. The molecule has 2 fully saturated rings. The topological polar surface area (TPSA) is 76.4 Å². The van der Waals surface area contributed by atoms with Gasteiger partial charge in [-0.25, -0.2) is 0 Å². The number of carbonyl (C=O) groups is 1. The maximum atomic E-state index is 13.0. The third-order valence-electron chi connectivity index (χ3n) is 4.88. The Bertz CT molecular complexity index is 706. The van der Waals surface area contributed by atoms with Gasteiger partial charge in [-0.3, -0.25) is 9.69 Å². The second kappa shape index (κ2) is 7.28. The normalized spacial score (nSPS) is 21.6. The van der Waals surface area contributed by atoms with Gasteiger partial charge in [-0.05, 0) is 35.4 Å². The van der Waals surface area contributed by atoms with E-state index in [2.05, 4.69) is 20.4 Å². The summed E-state index contributed by atoms with van der Waals surface area (Å²) in [6, 6.07) is 7.44. The van der Waals surface area contributed by atoms with Crippen molar-refractivity contribution >= 4 is 5.91 Å². The Labute approximate surface area is 146 Å². The number of rotatable bonds is 4. The summed E-state index contributed by atoms with van der Waals surface area (Å²) in [6.45, 7) is 5.10. The van der Waals surface area contributed by atoms with Crippen LogP contribution in [-0.2, 0) is 4.74 Å². The van der Waals surface area contributed by atoms with Crippen LogP contribution in [0.2, 0.25) is 0 Å². The summed E-state index contributed by atoms with van der Waals surface area (Å²) >= 11 is 0. The van der Waals surface area contributed by atoms with Gasteiger partial charge in [0, 0.05) is 39.3 Å². The maximum Gasteiger partial charge on any atom is 0.256 e. The molecule has 1 atom stereocenters. The number of ether oxygens (including phenoxy) is 1. The van der Waals surface area contributed by atoms with E-state index in [0.29, 0.717) is 17.4 Å². The van der Waals surface area contributed by atoms with Crippen molar-refractivity contribution in [3.63, 3.8) is 0 Å². The summed E-state index contributed by atoms with van der Waals surface area (Å²) in [6.07, 6.45) is 4.18. The van der Waals surface area contributed by atoms with Crippen molar-refractivity contribution < 1.29 is 9.53 Å². The van der Waals surface area contributed by atoms with Crippen LogP contribution >= 0.6 is 0 Å². The molecular formula is C17H22N6O2. The Kier molecular flexibility index (Phi) is 4.71. The van der Waals surface area contributed by atoms with E-state index in [0.717, 1.165) is 52.2 Å². The van der Waals surface area contributed by atoms with Crippen LogP contribution in [0.15, 0.2) is 30.6 Å². The van der Waals surface area contributed by atoms with Gasteiger partial charge in [-0.15, -0.1) is 5.10 Å². The fraction of sp³-hybridized carbons (Fsp3) is 0.529. The molecule has 2 saturated heterocycles. The quantitative estimate of drug-likeness (QED) is 0.810. The van der Waals surface area contributed by atoms with Gasteiger partial charge in [0.1, 0.15) is 6.33 Å². The molecular weight excluding hydrogens is 320 g/mol. The molecule has 4 rings (SSSR count). The van der Waals surface area contributed by atoms with Gasteiger partial charge in [-0.2, -0.15) is 4.68 Å². The molecule has 1 aromatic heterocycles. The third kappa shape index (κ3) is 3.54. The molecule has 1 amide bonds. The molecule has 8 nitrogen and oxygen atoms in total.